The van der Waals surface area contributed by atoms with Gasteiger partial charge < -0.3 is 23.7 Å². The fourth-order valence-corrected chi connectivity index (χ4v) is 5.01. The molecule has 45 heavy (non-hydrogen) atoms. The summed E-state index contributed by atoms with van der Waals surface area (Å²) >= 11 is 0. The summed E-state index contributed by atoms with van der Waals surface area (Å²) in [5.74, 6) is -0.123. The van der Waals surface area contributed by atoms with E-state index in [4.69, 9.17) is 23.7 Å². The number of hydrazone groups is 1. The van der Waals surface area contributed by atoms with Crippen LogP contribution in [0, 0.1) is 15.5 Å². The maximum absolute atomic E-state index is 12.8. The van der Waals surface area contributed by atoms with Crippen LogP contribution in [-0.2, 0) is 10.2 Å². The highest BCUT2D eigenvalue weighted by molar-refractivity contribution is 5.93. The van der Waals surface area contributed by atoms with Crippen molar-refractivity contribution in [1.82, 2.24) is 5.43 Å². The summed E-state index contributed by atoms with van der Waals surface area (Å²) in [4.78, 5) is 36.4. The van der Waals surface area contributed by atoms with Gasteiger partial charge in [0, 0.05) is 6.07 Å². The number of nitro benzene ring substituents is 1. The van der Waals surface area contributed by atoms with Gasteiger partial charge in [0.15, 0.2) is 23.9 Å². The van der Waals surface area contributed by atoms with Gasteiger partial charge in [-0.3, -0.25) is 14.9 Å². The van der Waals surface area contributed by atoms with Crippen molar-refractivity contribution in [3.63, 3.8) is 0 Å². The molecule has 0 saturated heterocycles. The van der Waals surface area contributed by atoms with Gasteiger partial charge in [-0.15, -0.1) is 0 Å². The molecule has 0 radical (unpaired) electrons. The Bertz CT molecular complexity index is 1550. The summed E-state index contributed by atoms with van der Waals surface area (Å²) in [6.45, 7) is 9.94. The lowest BCUT2D eigenvalue weighted by Gasteiger charge is -2.33. The van der Waals surface area contributed by atoms with E-state index in [9.17, 15) is 19.7 Å². The summed E-state index contributed by atoms with van der Waals surface area (Å²) in [6, 6.07) is 14.2. The van der Waals surface area contributed by atoms with E-state index in [-0.39, 0.29) is 33.6 Å². The van der Waals surface area contributed by atoms with E-state index in [2.05, 4.69) is 31.3 Å². The number of nitrogens with one attached hydrogen (secondary N) is 1. The highest BCUT2D eigenvalue weighted by Gasteiger charge is 2.30. The summed E-state index contributed by atoms with van der Waals surface area (Å²) < 4.78 is 26.8. The Morgan fingerprint density at radius 3 is 2.16 bits per heavy atom. The summed E-state index contributed by atoms with van der Waals surface area (Å²) in [5, 5.41) is 15.7. The average molecular weight is 622 g/mol. The second-order valence-corrected chi connectivity index (χ2v) is 12.0. The van der Waals surface area contributed by atoms with E-state index in [0.29, 0.717) is 22.8 Å². The zero-order valence-corrected chi connectivity index (χ0v) is 26.8. The topological polar surface area (TPSA) is 148 Å². The van der Waals surface area contributed by atoms with E-state index in [0.717, 1.165) is 12.0 Å². The lowest BCUT2D eigenvalue weighted by Crippen LogP contribution is -2.26. The Hall–Kier alpha value is -5.13. The van der Waals surface area contributed by atoms with Gasteiger partial charge in [-0.25, -0.2) is 10.2 Å². The Balaban J connectivity index is 1.62. The van der Waals surface area contributed by atoms with Gasteiger partial charge in [0.25, 0.3) is 5.91 Å². The second kappa shape index (κ2) is 14.6. The van der Waals surface area contributed by atoms with Crippen LogP contribution in [0.25, 0.3) is 0 Å². The van der Waals surface area contributed by atoms with E-state index in [1.807, 2.05) is 13.8 Å². The van der Waals surface area contributed by atoms with Crippen molar-refractivity contribution in [2.45, 2.75) is 46.5 Å². The maximum atomic E-state index is 12.8. The van der Waals surface area contributed by atoms with Crippen LogP contribution < -0.4 is 29.1 Å². The number of nitrogens with zero attached hydrogens (tertiary/aromatic N) is 2. The standard InChI is InChI=1S/C33H39N3O9/c1-32(2,3)20-33(4,5)23-12-13-26(25(17-23)36(39)40)44-19-29(37)35-34-18-21-10-9-11-24(14-21)45-31(38)22-15-27(41-6)30(43-8)28(16-22)42-7/h9-18H,19-20H2,1-8H3,(H,35,37). The average Bonchev–Trinajstić information content (AvgIpc) is 2.98. The Morgan fingerprint density at radius 1 is 0.911 bits per heavy atom. The number of methoxy groups -OCH3 is 3. The van der Waals surface area contributed by atoms with Crippen molar-refractivity contribution in [3.05, 3.63) is 81.4 Å². The van der Waals surface area contributed by atoms with Crippen molar-refractivity contribution in [1.29, 1.82) is 0 Å². The Morgan fingerprint density at radius 2 is 1.58 bits per heavy atom. The molecule has 0 spiro atoms. The van der Waals surface area contributed by atoms with Crippen LogP contribution in [-0.4, -0.2) is 51.0 Å². The fourth-order valence-electron chi connectivity index (χ4n) is 5.01. The normalized spacial score (nSPS) is 11.6. The van der Waals surface area contributed by atoms with E-state index < -0.39 is 23.4 Å². The highest BCUT2D eigenvalue weighted by atomic mass is 16.6. The van der Waals surface area contributed by atoms with E-state index in [1.165, 1.54) is 51.8 Å². The van der Waals surface area contributed by atoms with Gasteiger partial charge in [0.2, 0.25) is 5.75 Å². The molecule has 1 amide bonds. The minimum atomic E-state index is -0.659. The molecule has 0 heterocycles. The first-order chi connectivity index (χ1) is 21.2. The number of hydrogen-bond acceptors (Lipinski definition) is 10. The van der Waals surface area contributed by atoms with Gasteiger partial charge in [0.1, 0.15) is 5.75 Å². The molecule has 3 aromatic carbocycles. The first-order valence-electron chi connectivity index (χ1n) is 14.0. The van der Waals surface area contributed by atoms with Crippen molar-refractivity contribution in [2.75, 3.05) is 27.9 Å². The molecule has 0 aromatic heterocycles. The van der Waals surface area contributed by atoms with Gasteiger partial charge >= 0.3 is 11.7 Å². The number of ether oxygens (including phenoxy) is 5. The number of carbonyl (C=O) groups is 2. The predicted molar refractivity (Wildman–Crippen MR) is 169 cm³/mol. The summed E-state index contributed by atoms with van der Waals surface area (Å²) in [5.41, 5.74) is 3.33. The van der Waals surface area contributed by atoms with Crippen molar-refractivity contribution in [3.8, 4) is 28.7 Å². The van der Waals surface area contributed by atoms with Crippen LogP contribution in [0.5, 0.6) is 28.7 Å². The molecule has 12 heteroatoms. The van der Waals surface area contributed by atoms with Crippen LogP contribution >= 0.6 is 0 Å². The number of carbonyl (C=O) groups excluding carboxylic acids is 2. The number of rotatable bonds is 13. The maximum Gasteiger partial charge on any atom is 0.343 e. The Kier molecular flexibility index (Phi) is 11.1. The summed E-state index contributed by atoms with van der Waals surface area (Å²) in [7, 11) is 4.34. The molecule has 0 aliphatic rings. The zero-order valence-electron chi connectivity index (χ0n) is 26.8. The molecule has 0 saturated carbocycles. The SMILES string of the molecule is COc1cc(C(=O)Oc2cccc(C=NNC(=O)COc3ccc(C(C)(C)CC(C)(C)C)cc3[N+](=O)[O-])c2)cc(OC)c1OC. The molecule has 0 aliphatic carbocycles. The van der Waals surface area contributed by atoms with Crippen LogP contribution in [0.3, 0.4) is 0 Å². The van der Waals surface area contributed by atoms with E-state index in [1.54, 1.807) is 30.3 Å². The van der Waals surface area contributed by atoms with Crippen molar-refractivity contribution >= 4 is 23.8 Å². The third-order valence-corrected chi connectivity index (χ3v) is 6.64. The molecule has 0 bridgehead atoms. The quantitative estimate of drug-likeness (QED) is 0.0788. The highest BCUT2D eigenvalue weighted by Crippen LogP contribution is 2.40. The van der Waals surface area contributed by atoms with Gasteiger partial charge in [-0.1, -0.05) is 52.8 Å². The van der Waals surface area contributed by atoms with Crippen LogP contribution in [0.4, 0.5) is 5.69 Å². The van der Waals surface area contributed by atoms with Crippen molar-refractivity contribution in [2.24, 2.45) is 10.5 Å². The molecule has 12 nitrogen and oxygen atoms in total. The second-order valence-electron chi connectivity index (χ2n) is 12.0. The third-order valence-electron chi connectivity index (χ3n) is 6.64. The molecule has 3 aromatic rings. The number of benzene rings is 3. The molecule has 3 rings (SSSR count). The number of amides is 1. The zero-order chi connectivity index (χ0) is 33.4. The van der Waals surface area contributed by atoms with Gasteiger partial charge in [0.05, 0.1) is 38.0 Å². The van der Waals surface area contributed by atoms with Crippen LogP contribution in [0.15, 0.2) is 59.7 Å². The molecule has 1 N–H and O–H groups in total. The minimum Gasteiger partial charge on any atom is -0.493 e. The lowest BCUT2D eigenvalue weighted by molar-refractivity contribution is -0.385. The molecule has 0 atom stereocenters. The first kappa shape index (κ1) is 34.4. The van der Waals surface area contributed by atoms with Crippen LogP contribution in [0.1, 0.15) is 62.5 Å². The summed E-state index contributed by atoms with van der Waals surface area (Å²) in [6.07, 6.45) is 2.17. The molecule has 0 unspecified atom stereocenters. The predicted octanol–water partition coefficient (Wildman–Crippen LogP) is 6.08. The minimum absolute atomic E-state index is 0.0175. The third kappa shape index (κ3) is 9.43. The lowest BCUT2D eigenvalue weighted by atomic mass is 9.72. The monoisotopic (exact) mass is 621 g/mol. The smallest absolute Gasteiger partial charge is 0.343 e. The number of hydrogen-bond donors (Lipinski definition) is 1. The Labute approximate surface area is 262 Å². The molecule has 0 aliphatic heterocycles. The molecular formula is C33H39N3O9. The van der Waals surface area contributed by atoms with Gasteiger partial charge in [-0.2, -0.15) is 5.10 Å². The largest absolute Gasteiger partial charge is 0.493 e. The molecular weight excluding hydrogens is 582 g/mol. The molecule has 0 fully saturated rings. The van der Waals surface area contributed by atoms with Crippen molar-refractivity contribution < 1.29 is 38.2 Å². The van der Waals surface area contributed by atoms with Gasteiger partial charge in [-0.05, 0) is 58.7 Å². The van der Waals surface area contributed by atoms with Crippen LogP contribution in [0.2, 0.25) is 0 Å². The first-order valence-corrected chi connectivity index (χ1v) is 14.0. The molecule has 240 valence electrons. The van der Waals surface area contributed by atoms with E-state index >= 15 is 0 Å². The number of esters is 1. The number of nitro groups is 1. The fraction of sp³-hybridized carbons (Fsp3) is 0.364.